The third-order valence-electron chi connectivity index (χ3n) is 4.66. The van der Waals surface area contributed by atoms with Gasteiger partial charge in [-0.15, -0.1) is 0 Å². The zero-order valence-electron chi connectivity index (χ0n) is 15.0. The summed E-state index contributed by atoms with van der Waals surface area (Å²) < 4.78 is 5.27. The number of methoxy groups -OCH3 is 1. The summed E-state index contributed by atoms with van der Waals surface area (Å²) in [7, 11) is 1.53. The number of likely N-dealkylation sites (tertiary alicyclic amines) is 1. The lowest BCUT2D eigenvalue weighted by Gasteiger charge is -2.24. The van der Waals surface area contributed by atoms with E-state index < -0.39 is 6.04 Å². The van der Waals surface area contributed by atoms with E-state index in [0.29, 0.717) is 17.7 Å². The molecule has 2 aromatic carbocycles. The van der Waals surface area contributed by atoms with Gasteiger partial charge in [0.05, 0.1) is 12.7 Å². The summed E-state index contributed by atoms with van der Waals surface area (Å²) in [5.74, 6) is 0.183. The maximum atomic E-state index is 13.0. The predicted octanol–water partition coefficient (Wildman–Crippen LogP) is 2.66. The molecule has 5 nitrogen and oxygen atoms in total. The number of hydrogen-bond acceptors (Lipinski definition) is 3. The minimum Gasteiger partial charge on any atom is -0.496 e. The van der Waals surface area contributed by atoms with Gasteiger partial charge in [0, 0.05) is 19.5 Å². The molecule has 0 spiro atoms. The summed E-state index contributed by atoms with van der Waals surface area (Å²) in [6.07, 6.45) is 2.51. The SMILES string of the molecule is COc1ccccc1C(=O)N[C@@H](Cc1ccccc1)C(=O)N1CCCC1. The fourth-order valence-corrected chi connectivity index (χ4v) is 3.28. The highest BCUT2D eigenvalue weighted by molar-refractivity contribution is 5.99. The molecule has 1 N–H and O–H groups in total. The zero-order chi connectivity index (χ0) is 18.4. The second-order valence-electron chi connectivity index (χ2n) is 6.45. The Morgan fingerprint density at radius 3 is 2.38 bits per heavy atom. The van der Waals surface area contributed by atoms with Crippen molar-refractivity contribution in [1.82, 2.24) is 10.2 Å². The molecule has 1 saturated heterocycles. The van der Waals surface area contributed by atoms with Crippen LogP contribution in [0.25, 0.3) is 0 Å². The Bertz CT molecular complexity index is 755. The largest absolute Gasteiger partial charge is 0.496 e. The van der Waals surface area contributed by atoms with Gasteiger partial charge in [-0.05, 0) is 30.5 Å². The smallest absolute Gasteiger partial charge is 0.255 e. The van der Waals surface area contributed by atoms with Crippen LogP contribution in [0.1, 0.15) is 28.8 Å². The number of benzene rings is 2. The third kappa shape index (κ3) is 4.23. The van der Waals surface area contributed by atoms with Crippen molar-refractivity contribution in [3.63, 3.8) is 0 Å². The average molecular weight is 352 g/mol. The molecular weight excluding hydrogens is 328 g/mol. The van der Waals surface area contributed by atoms with Gasteiger partial charge in [0.15, 0.2) is 0 Å². The minimum atomic E-state index is -0.590. The van der Waals surface area contributed by atoms with Crippen molar-refractivity contribution in [2.45, 2.75) is 25.3 Å². The van der Waals surface area contributed by atoms with Gasteiger partial charge in [-0.25, -0.2) is 0 Å². The number of carbonyl (C=O) groups excluding carboxylic acids is 2. The molecule has 5 heteroatoms. The van der Waals surface area contributed by atoms with Crippen molar-refractivity contribution < 1.29 is 14.3 Å². The highest BCUT2D eigenvalue weighted by Gasteiger charge is 2.28. The lowest BCUT2D eigenvalue weighted by molar-refractivity contribution is -0.132. The number of carbonyl (C=O) groups is 2. The number of ether oxygens (including phenoxy) is 1. The highest BCUT2D eigenvalue weighted by Crippen LogP contribution is 2.18. The van der Waals surface area contributed by atoms with Crippen LogP contribution in [0, 0.1) is 0 Å². The fourth-order valence-electron chi connectivity index (χ4n) is 3.28. The van der Waals surface area contributed by atoms with Crippen LogP contribution in [0.3, 0.4) is 0 Å². The molecule has 1 atom stereocenters. The van der Waals surface area contributed by atoms with E-state index in [1.54, 1.807) is 18.2 Å². The number of hydrogen-bond donors (Lipinski definition) is 1. The summed E-state index contributed by atoms with van der Waals surface area (Å²) in [6, 6.07) is 16.2. The Balaban J connectivity index is 1.80. The Hall–Kier alpha value is -2.82. The maximum absolute atomic E-state index is 13.0. The van der Waals surface area contributed by atoms with Gasteiger partial charge in [0.25, 0.3) is 5.91 Å². The highest BCUT2D eigenvalue weighted by atomic mass is 16.5. The van der Waals surface area contributed by atoms with Gasteiger partial charge < -0.3 is 15.0 Å². The van der Waals surface area contributed by atoms with Crippen molar-refractivity contribution >= 4 is 11.8 Å². The number of amides is 2. The Labute approximate surface area is 154 Å². The predicted molar refractivity (Wildman–Crippen MR) is 100 cm³/mol. The quantitative estimate of drug-likeness (QED) is 0.869. The van der Waals surface area contributed by atoms with Crippen LogP contribution < -0.4 is 10.1 Å². The molecule has 0 aromatic heterocycles. The summed E-state index contributed by atoms with van der Waals surface area (Å²) in [4.78, 5) is 27.6. The molecule has 0 aliphatic carbocycles. The first-order valence-corrected chi connectivity index (χ1v) is 8.95. The molecule has 136 valence electrons. The van der Waals surface area contributed by atoms with Crippen molar-refractivity contribution in [2.24, 2.45) is 0 Å². The van der Waals surface area contributed by atoms with Gasteiger partial charge in [0.2, 0.25) is 5.91 Å². The number of nitrogens with one attached hydrogen (secondary N) is 1. The Kier molecular flexibility index (Phi) is 5.89. The van der Waals surface area contributed by atoms with Crippen molar-refractivity contribution in [1.29, 1.82) is 0 Å². The Morgan fingerprint density at radius 1 is 1.04 bits per heavy atom. The first kappa shape index (κ1) is 18.0. The van der Waals surface area contributed by atoms with E-state index in [-0.39, 0.29) is 11.8 Å². The molecule has 2 aromatic rings. The summed E-state index contributed by atoms with van der Waals surface area (Å²) in [5.41, 5.74) is 1.45. The molecule has 26 heavy (non-hydrogen) atoms. The van der Waals surface area contributed by atoms with E-state index >= 15 is 0 Å². The molecule has 0 radical (unpaired) electrons. The van der Waals surface area contributed by atoms with Gasteiger partial charge in [-0.2, -0.15) is 0 Å². The molecule has 0 saturated carbocycles. The van der Waals surface area contributed by atoms with Gasteiger partial charge in [-0.3, -0.25) is 9.59 Å². The number of rotatable bonds is 6. The van der Waals surface area contributed by atoms with Crippen molar-refractivity contribution in [3.05, 3.63) is 65.7 Å². The second kappa shape index (κ2) is 8.52. The number of para-hydroxylation sites is 1. The molecule has 3 rings (SSSR count). The first-order valence-electron chi connectivity index (χ1n) is 8.95. The molecule has 1 aliphatic rings. The third-order valence-corrected chi connectivity index (χ3v) is 4.66. The molecular formula is C21H24N2O3. The molecule has 2 amide bonds. The van der Waals surface area contributed by atoms with E-state index in [0.717, 1.165) is 31.5 Å². The minimum absolute atomic E-state index is 0.0189. The summed E-state index contributed by atoms with van der Waals surface area (Å²) in [5, 5.41) is 2.92. The zero-order valence-corrected chi connectivity index (χ0v) is 15.0. The maximum Gasteiger partial charge on any atom is 0.255 e. The van der Waals surface area contributed by atoms with Crippen molar-refractivity contribution in [2.75, 3.05) is 20.2 Å². The molecule has 1 aliphatic heterocycles. The number of nitrogens with zero attached hydrogens (tertiary/aromatic N) is 1. The standard InChI is InChI=1S/C21H24N2O3/c1-26-19-12-6-5-11-17(19)20(24)22-18(15-16-9-3-2-4-10-16)21(25)23-13-7-8-14-23/h2-6,9-12,18H,7-8,13-15H2,1H3,(H,22,24)/t18-/m0/s1. The van der Waals surface area contributed by atoms with Crippen LogP contribution in [0.2, 0.25) is 0 Å². The van der Waals surface area contributed by atoms with Gasteiger partial charge in [-0.1, -0.05) is 42.5 Å². The van der Waals surface area contributed by atoms with Crippen LogP contribution >= 0.6 is 0 Å². The molecule has 0 bridgehead atoms. The Morgan fingerprint density at radius 2 is 1.69 bits per heavy atom. The van der Waals surface area contributed by atoms with Crippen LogP contribution in [0.4, 0.5) is 0 Å². The van der Waals surface area contributed by atoms with Gasteiger partial charge in [0.1, 0.15) is 11.8 Å². The van der Waals surface area contributed by atoms with E-state index in [1.807, 2.05) is 41.3 Å². The lowest BCUT2D eigenvalue weighted by atomic mass is 10.0. The molecule has 0 unspecified atom stereocenters. The van der Waals surface area contributed by atoms with Gasteiger partial charge >= 0.3 is 0 Å². The van der Waals surface area contributed by atoms with E-state index in [9.17, 15) is 9.59 Å². The normalized spacial score (nSPS) is 14.7. The van der Waals surface area contributed by atoms with Crippen molar-refractivity contribution in [3.8, 4) is 5.75 Å². The summed E-state index contributed by atoms with van der Waals surface area (Å²) >= 11 is 0. The van der Waals surface area contributed by atoms with Crippen LogP contribution in [-0.4, -0.2) is 43.0 Å². The van der Waals surface area contributed by atoms with E-state index in [4.69, 9.17) is 4.74 Å². The molecule has 1 heterocycles. The van der Waals surface area contributed by atoms with E-state index in [2.05, 4.69) is 5.32 Å². The van der Waals surface area contributed by atoms with E-state index in [1.165, 1.54) is 7.11 Å². The average Bonchev–Trinajstić information content (AvgIpc) is 3.22. The summed E-state index contributed by atoms with van der Waals surface area (Å²) in [6.45, 7) is 1.52. The fraction of sp³-hybridized carbons (Fsp3) is 0.333. The van der Waals surface area contributed by atoms with Crippen LogP contribution in [0.5, 0.6) is 5.75 Å². The first-order chi connectivity index (χ1) is 12.7. The monoisotopic (exact) mass is 352 g/mol. The molecule has 1 fully saturated rings. The topological polar surface area (TPSA) is 58.6 Å². The second-order valence-corrected chi connectivity index (χ2v) is 6.45. The van der Waals surface area contributed by atoms with Crippen LogP contribution in [-0.2, 0) is 11.2 Å². The van der Waals surface area contributed by atoms with Crippen LogP contribution in [0.15, 0.2) is 54.6 Å². The lowest BCUT2D eigenvalue weighted by Crippen LogP contribution is -2.49.